The minimum absolute atomic E-state index is 0.0626. The molecule has 0 unspecified atom stereocenters. The summed E-state index contributed by atoms with van der Waals surface area (Å²) in [6.07, 6.45) is 0. The molecule has 2 aromatic heterocycles. The van der Waals surface area contributed by atoms with Gasteiger partial charge in [-0.15, -0.1) is 0 Å². The van der Waals surface area contributed by atoms with Gasteiger partial charge in [0, 0.05) is 5.69 Å². The molecule has 1 aromatic carbocycles. The average Bonchev–Trinajstić information content (AvgIpc) is 2.59. The van der Waals surface area contributed by atoms with Crippen LogP contribution in [0.2, 0.25) is 0 Å². The van der Waals surface area contributed by atoms with Crippen LogP contribution in [-0.4, -0.2) is 33.4 Å². The van der Waals surface area contributed by atoms with Gasteiger partial charge in [0.15, 0.2) is 5.16 Å². The second-order valence-corrected chi connectivity index (χ2v) is 6.00. The summed E-state index contributed by atoms with van der Waals surface area (Å²) >= 11 is 1.15. The first-order valence-electron chi connectivity index (χ1n) is 7.25. The lowest BCUT2D eigenvalue weighted by Gasteiger charge is -2.12. The number of rotatable bonds is 4. The van der Waals surface area contributed by atoms with E-state index in [1.807, 2.05) is 25.1 Å². The fourth-order valence-electron chi connectivity index (χ4n) is 2.25. The minimum atomic E-state index is -0.383. The molecule has 0 N–H and O–H groups in total. The Labute approximate surface area is 142 Å². The van der Waals surface area contributed by atoms with Crippen molar-refractivity contribution in [3.05, 3.63) is 58.5 Å². The number of hydrogen-bond donors (Lipinski definition) is 0. The van der Waals surface area contributed by atoms with E-state index in [0.29, 0.717) is 21.9 Å². The highest BCUT2D eigenvalue weighted by Crippen LogP contribution is 2.20. The predicted octanol–water partition coefficient (Wildman–Crippen LogP) is 2.35. The molecule has 0 radical (unpaired) electrons. The number of hydrogen-bond acceptors (Lipinski definition) is 6. The van der Waals surface area contributed by atoms with Gasteiger partial charge in [-0.1, -0.05) is 30.0 Å². The summed E-state index contributed by atoms with van der Waals surface area (Å²) in [5, 5.41) is 0.908. The molecule has 0 aliphatic heterocycles. The molecule has 0 amide bonds. The fourth-order valence-corrected chi connectivity index (χ4v) is 3.08. The lowest BCUT2D eigenvalue weighted by Crippen LogP contribution is -2.23. The van der Waals surface area contributed by atoms with E-state index >= 15 is 0 Å². The van der Waals surface area contributed by atoms with E-state index in [4.69, 9.17) is 0 Å². The van der Waals surface area contributed by atoms with Crippen LogP contribution in [0.3, 0.4) is 0 Å². The maximum absolute atomic E-state index is 12.9. The molecule has 3 aromatic rings. The minimum Gasteiger partial charge on any atom is -0.468 e. The highest BCUT2D eigenvalue weighted by molar-refractivity contribution is 7.99. The summed E-state index contributed by atoms with van der Waals surface area (Å²) in [4.78, 5) is 33.3. The van der Waals surface area contributed by atoms with Gasteiger partial charge in [-0.25, -0.2) is 14.5 Å². The predicted molar refractivity (Wildman–Crippen MR) is 92.6 cm³/mol. The van der Waals surface area contributed by atoms with E-state index in [1.54, 1.807) is 24.3 Å². The number of fused-ring (bicyclic) bond motifs is 1. The van der Waals surface area contributed by atoms with Crippen LogP contribution in [-0.2, 0) is 9.53 Å². The van der Waals surface area contributed by atoms with Crippen molar-refractivity contribution in [2.75, 3.05) is 12.9 Å². The topological polar surface area (TPSA) is 74.1 Å². The van der Waals surface area contributed by atoms with Gasteiger partial charge >= 0.3 is 5.97 Å². The van der Waals surface area contributed by atoms with E-state index in [0.717, 1.165) is 17.5 Å². The first-order chi connectivity index (χ1) is 11.6. The molecular weight excluding hydrogens is 326 g/mol. The maximum atomic E-state index is 12.9. The summed E-state index contributed by atoms with van der Waals surface area (Å²) in [5.74, 6) is 0.157. The van der Waals surface area contributed by atoms with Crippen molar-refractivity contribution >= 4 is 28.6 Å². The van der Waals surface area contributed by atoms with Crippen LogP contribution < -0.4 is 5.56 Å². The number of para-hydroxylation sites is 1. The Kier molecular flexibility index (Phi) is 4.61. The number of esters is 1. The molecule has 7 heteroatoms. The van der Waals surface area contributed by atoms with E-state index in [-0.39, 0.29) is 17.3 Å². The lowest BCUT2D eigenvalue weighted by molar-refractivity contribution is -0.137. The number of ether oxygens (including phenoxy) is 1. The molecule has 0 aliphatic rings. The third-order valence-corrected chi connectivity index (χ3v) is 4.31. The number of aryl methyl sites for hydroxylation is 1. The first kappa shape index (κ1) is 16.2. The SMILES string of the molecule is COC(=O)CSc1nc2ccccc2c(=O)n1-c1cccc(C)n1. The Bertz CT molecular complexity index is 969. The van der Waals surface area contributed by atoms with Crippen LogP contribution >= 0.6 is 11.8 Å². The molecule has 122 valence electrons. The molecule has 2 heterocycles. The molecule has 6 nitrogen and oxygen atoms in total. The normalized spacial score (nSPS) is 10.8. The van der Waals surface area contributed by atoms with Crippen LogP contribution in [0, 0.1) is 6.92 Å². The molecular formula is C17H15N3O3S. The molecule has 0 saturated heterocycles. The number of pyridine rings is 1. The number of aromatic nitrogens is 3. The number of methoxy groups -OCH3 is 1. The third kappa shape index (κ3) is 3.16. The third-order valence-electron chi connectivity index (χ3n) is 3.39. The zero-order valence-electron chi connectivity index (χ0n) is 13.2. The van der Waals surface area contributed by atoms with Gasteiger partial charge in [0.1, 0.15) is 5.82 Å². The van der Waals surface area contributed by atoms with E-state index in [1.165, 1.54) is 11.7 Å². The van der Waals surface area contributed by atoms with Crippen molar-refractivity contribution in [3.8, 4) is 5.82 Å². The largest absolute Gasteiger partial charge is 0.468 e. The van der Waals surface area contributed by atoms with E-state index < -0.39 is 0 Å². The van der Waals surface area contributed by atoms with Gasteiger partial charge < -0.3 is 4.74 Å². The molecule has 0 saturated carbocycles. The Morgan fingerprint density at radius 3 is 2.71 bits per heavy atom. The summed E-state index contributed by atoms with van der Waals surface area (Å²) in [7, 11) is 1.33. The molecule has 0 aliphatic carbocycles. The van der Waals surface area contributed by atoms with Crippen LogP contribution in [0.15, 0.2) is 52.4 Å². The second kappa shape index (κ2) is 6.84. The average molecular weight is 341 g/mol. The van der Waals surface area contributed by atoms with Crippen molar-refractivity contribution in [2.45, 2.75) is 12.1 Å². The van der Waals surface area contributed by atoms with Gasteiger partial charge in [0.25, 0.3) is 5.56 Å². The van der Waals surface area contributed by atoms with Crippen molar-refractivity contribution in [3.63, 3.8) is 0 Å². The summed E-state index contributed by atoms with van der Waals surface area (Å²) in [6.45, 7) is 1.85. The highest BCUT2D eigenvalue weighted by atomic mass is 32.2. The second-order valence-electron chi connectivity index (χ2n) is 5.05. The molecule has 0 fully saturated rings. The zero-order chi connectivity index (χ0) is 17.1. The van der Waals surface area contributed by atoms with Crippen LogP contribution in [0.25, 0.3) is 16.7 Å². The molecule has 0 spiro atoms. The Balaban J connectivity index is 2.21. The van der Waals surface area contributed by atoms with Gasteiger partial charge in [-0.3, -0.25) is 9.59 Å². The maximum Gasteiger partial charge on any atom is 0.316 e. The zero-order valence-corrected chi connectivity index (χ0v) is 14.0. The Hall–Kier alpha value is -2.67. The summed E-state index contributed by atoms with van der Waals surface area (Å²) < 4.78 is 6.10. The van der Waals surface area contributed by atoms with Crippen LogP contribution in [0.1, 0.15) is 5.69 Å². The quantitative estimate of drug-likeness (QED) is 0.412. The van der Waals surface area contributed by atoms with E-state index in [2.05, 4.69) is 14.7 Å². The van der Waals surface area contributed by atoms with Crippen molar-refractivity contribution in [1.29, 1.82) is 0 Å². The number of thioether (sulfide) groups is 1. The van der Waals surface area contributed by atoms with Gasteiger partial charge in [-0.2, -0.15) is 0 Å². The standard InChI is InChI=1S/C17H15N3O3S/c1-11-6-5-9-14(18-11)20-16(22)12-7-3-4-8-13(12)19-17(20)24-10-15(21)23-2/h3-9H,10H2,1-2H3. The summed E-state index contributed by atoms with van der Waals surface area (Å²) in [5.41, 5.74) is 1.15. The van der Waals surface area contributed by atoms with Crippen LogP contribution in [0.4, 0.5) is 0 Å². The van der Waals surface area contributed by atoms with Crippen LogP contribution in [0.5, 0.6) is 0 Å². The first-order valence-corrected chi connectivity index (χ1v) is 8.24. The van der Waals surface area contributed by atoms with Crippen molar-refractivity contribution in [2.24, 2.45) is 0 Å². The van der Waals surface area contributed by atoms with Gasteiger partial charge in [0.2, 0.25) is 0 Å². The molecule has 0 atom stereocenters. The fraction of sp³-hybridized carbons (Fsp3) is 0.176. The number of carbonyl (C=O) groups excluding carboxylic acids is 1. The highest BCUT2D eigenvalue weighted by Gasteiger charge is 2.15. The van der Waals surface area contributed by atoms with Gasteiger partial charge in [0.05, 0.1) is 23.8 Å². The lowest BCUT2D eigenvalue weighted by atomic mass is 10.2. The van der Waals surface area contributed by atoms with Gasteiger partial charge in [-0.05, 0) is 31.2 Å². The monoisotopic (exact) mass is 341 g/mol. The number of nitrogens with zero attached hydrogens (tertiary/aromatic N) is 3. The smallest absolute Gasteiger partial charge is 0.316 e. The number of benzene rings is 1. The molecule has 24 heavy (non-hydrogen) atoms. The summed E-state index contributed by atoms with van der Waals surface area (Å²) in [6, 6.07) is 12.5. The number of carbonyl (C=O) groups is 1. The van der Waals surface area contributed by atoms with Crippen molar-refractivity contribution < 1.29 is 9.53 Å². The van der Waals surface area contributed by atoms with Crippen molar-refractivity contribution in [1.82, 2.24) is 14.5 Å². The van der Waals surface area contributed by atoms with E-state index in [9.17, 15) is 9.59 Å². The molecule has 0 bridgehead atoms. The molecule has 3 rings (SSSR count). The Morgan fingerprint density at radius 1 is 1.17 bits per heavy atom. The Morgan fingerprint density at radius 2 is 1.96 bits per heavy atom.